The maximum Gasteiger partial charge on any atom is 0.346 e. The quantitative estimate of drug-likeness (QED) is 0.147. The first-order chi connectivity index (χ1) is 21.2. The number of hydrogen-bond acceptors (Lipinski definition) is 6. The molecule has 4 aromatic carbocycles. The second-order valence-electron chi connectivity index (χ2n) is 10.3. The number of aromatic nitrogens is 3. The first-order valence-corrected chi connectivity index (χ1v) is 14.5. The lowest BCUT2D eigenvalue weighted by Gasteiger charge is -2.14. The van der Waals surface area contributed by atoms with Crippen LogP contribution < -0.4 is 5.63 Å². The molecular weight excluding hydrogens is 621 g/mol. The van der Waals surface area contributed by atoms with Gasteiger partial charge in [0.15, 0.2) is 5.75 Å². The van der Waals surface area contributed by atoms with Crippen molar-refractivity contribution in [1.82, 2.24) is 14.8 Å². The first kappa shape index (κ1) is 28.0. The molecular formula is C34H20Cl3N3O4. The van der Waals surface area contributed by atoms with Crippen LogP contribution in [0.25, 0.3) is 61.2 Å². The standard InChI is InChI=1S/C34H20Cl3N3O4/c1-17-7-12-21-27(13-17)44-34(43)28-22(15-26(38-31(21)28)23-14-25(36)33(42)29(37)32(23)41)24-16-40(20-5-3-2-4-6-20)39-30(24)18-8-10-19(35)11-9-18/h2-16,41-42H,1H3. The van der Waals surface area contributed by atoms with E-state index < -0.39 is 17.1 Å². The lowest BCUT2D eigenvalue weighted by atomic mass is 9.96. The summed E-state index contributed by atoms with van der Waals surface area (Å²) in [5, 5.41) is 27.2. The van der Waals surface area contributed by atoms with Crippen LogP contribution >= 0.6 is 34.8 Å². The smallest absolute Gasteiger partial charge is 0.346 e. The molecule has 0 amide bonds. The third-order valence-corrected chi connectivity index (χ3v) is 8.30. The zero-order valence-corrected chi connectivity index (χ0v) is 25.1. The summed E-state index contributed by atoms with van der Waals surface area (Å²) in [6.45, 7) is 1.90. The summed E-state index contributed by atoms with van der Waals surface area (Å²) in [6.07, 6.45) is 1.83. The van der Waals surface area contributed by atoms with Crippen molar-refractivity contribution in [2.75, 3.05) is 0 Å². The highest BCUT2D eigenvalue weighted by atomic mass is 35.5. The van der Waals surface area contributed by atoms with Gasteiger partial charge >= 0.3 is 5.63 Å². The summed E-state index contributed by atoms with van der Waals surface area (Å²) in [7, 11) is 0. The fourth-order valence-electron chi connectivity index (χ4n) is 5.26. The van der Waals surface area contributed by atoms with E-state index in [-0.39, 0.29) is 26.7 Å². The molecule has 0 radical (unpaired) electrons. The van der Waals surface area contributed by atoms with E-state index in [1.54, 1.807) is 28.9 Å². The SMILES string of the molecule is Cc1ccc2c(c1)oc(=O)c1c(-c3cn(-c4ccccc4)nc3-c3ccc(Cl)cc3)cc(-c3cc(Cl)c(O)c(Cl)c3O)nc12. The Labute approximate surface area is 265 Å². The van der Waals surface area contributed by atoms with E-state index in [1.165, 1.54) is 6.07 Å². The van der Waals surface area contributed by atoms with Crippen molar-refractivity contribution in [2.24, 2.45) is 0 Å². The molecule has 7 nitrogen and oxygen atoms in total. The van der Waals surface area contributed by atoms with Gasteiger partial charge in [0, 0.05) is 38.9 Å². The van der Waals surface area contributed by atoms with Crippen molar-refractivity contribution < 1.29 is 14.6 Å². The number of rotatable bonds is 4. The minimum Gasteiger partial charge on any atom is -0.506 e. The molecule has 0 atom stereocenters. The average molecular weight is 641 g/mol. The first-order valence-electron chi connectivity index (χ1n) is 13.4. The number of fused-ring (bicyclic) bond motifs is 3. The minimum atomic E-state index is -0.590. The number of pyridine rings is 1. The molecule has 3 aromatic heterocycles. The van der Waals surface area contributed by atoms with Gasteiger partial charge in [0.2, 0.25) is 0 Å². The van der Waals surface area contributed by atoms with Crippen LogP contribution in [0.5, 0.6) is 11.5 Å². The van der Waals surface area contributed by atoms with Crippen LogP contribution in [0.1, 0.15) is 5.56 Å². The number of halogens is 3. The number of phenols is 2. The van der Waals surface area contributed by atoms with Gasteiger partial charge in [-0.05, 0) is 61.0 Å². The molecule has 3 heterocycles. The Morgan fingerprint density at radius 3 is 2.32 bits per heavy atom. The Morgan fingerprint density at radius 2 is 1.57 bits per heavy atom. The number of hydrogen-bond donors (Lipinski definition) is 2. The van der Waals surface area contributed by atoms with E-state index in [0.29, 0.717) is 38.3 Å². The van der Waals surface area contributed by atoms with Crippen molar-refractivity contribution in [3.63, 3.8) is 0 Å². The third-order valence-electron chi connectivity index (χ3n) is 7.41. The molecule has 0 bridgehead atoms. The van der Waals surface area contributed by atoms with E-state index in [9.17, 15) is 15.0 Å². The molecule has 7 rings (SSSR count). The Bertz CT molecular complexity index is 2320. The third kappa shape index (κ3) is 4.66. The van der Waals surface area contributed by atoms with Gasteiger partial charge in [-0.2, -0.15) is 5.10 Å². The molecule has 0 saturated carbocycles. The molecule has 0 fully saturated rings. The lowest BCUT2D eigenvalue weighted by molar-refractivity contribution is 0.452. The Kier molecular flexibility index (Phi) is 6.81. The molecule has 0 aliphatic heterocycles. The largest absolute Gasteiger partial charge is 0.506 e. The van der Waals surface area contributed by atoms with Gasteiger partial charge < -0.3 is 14.6 Å². The fraction of sp³-hybridized carbons (Fsp3) is 0.0294. The number of para-hydroxylation sites is 1. The van der Waals surface area contributed by atoms with E-state index in [4.69, 9.17) is 49.3 Å². The second-order valence-corrected chi connectivity index (χ2v) is 11.5. The van der Waals surface area contributed by atoms with Gasteiger partial charge in [-0.25, -0.2) is 14.5 Å². The minimum absolute atomic E-state index is 0.0712. The molecule has 2 N–H and O–H groups in total. The summed E-state index contributed by atoms with van der Waals surface area (Å²) < 4.78 is 7.55. The van der Waals surface area contributed by atoms with Crippen LogP contribution in [0.3, 0.4) is 0 Å². The van der Waals surface area contributed by atoms with Crippen molar-refractivity contribution in [3.05, 3.63) is 122 Å². The summed E-state index contributed by atoms with van der Waals surface area (Å²) >= 11 is 18.7. The molecule has 0 aliphatic rings. The molecule has 10 heteroatoms. The maximum absolute atomic E-state index is 13.8. The van der Waals surface area contributed by atoms with E-state index in [0.717, 1.165) is 16.8 Å². The summed E-state index contributed by atoms with van der Waals surface area (Å²) in [5.74, 6) is -0.862. The van der Waals surface area contributed by atoms with Gasteiger partial charge in [0.05, 0.1) is 27.3 Å². The molecule has 7 aromatic rings. The van der Waals surface area contributed by atoms with Crippen LogP contribution in [0.4, 0.5) is 0 Å². The summed E-state index contributed by atoms with van der Waals surface area (Å²) in [5.41, 5.74) is 4.62. The number of phenolic OH excluding ortho intramolecular Hbond substituents is 2. The monoisotopic (exact) mass is 639 g/mol. The van der Waals surface area contributed by atoms with Crippen molar-refractivity contribution in [1.29, 1.82) is 0 Å². The number of aryl methyl sites for hydroxylation is 1. The summed E-state index contributed by atoms with van der Waals surface area (Å²) in [6, 6.07) is 25.3. The second kappa shape index (κ2) is 10.7. The van der Waals surface area contributed by atoms with Crippen molar-refractivity contribution in [2.45, 2.75) is 6.92 Å². The zero-order valence-electron chi connectivity index (χ0n) is 22.8. The van der Waals surface area contributed by atoms with Gasteiger partial charge in [-0.1, -0.05) is 71.2 Å². The zero-order chi connectivity index (χ0) is 30.7. The molecule has 0 unspecified atom stereocenters. The van der Waals surface area contributed by atoms with Crippen LogP contribution in [0.2, 0.25) is 15.1 Å². The Hall–Kier alpha value is -4.82. The number of nitrogens with zero attached hydrogens (tertiary/aromatic N) is 3. The van der Waals surface area contributed by atoms with Crippen LogP contribution in [-0.2, 0) is 0 Å². The number of aromatic hydroxyl groups is 2. The molecule has 0 aliphatic carbocycles. The predicted molar refractivity (Wildman–Crippen MR) is 174 cm³/mol. The lowest BCUT2D eigenvalue weighted by Crippen LogP contribution is -2.05. The van der Waals surface area contributed by atoms with Crippen LogP contribution in [-0.4, -0.2) is 25.0 Å². The molecule has 0 spiro atoms. The van der Waals surface area contributed by atoms with Crippen molar-refractivity contribution >= 4 is 56.7 Å². The maximum atomic E-state index is 13.8. The van der Waals surface area contributed by atoms with Gasteiger partial charge in [-0.3, -0.25) is 0 Å². The average Bonchev–Trinajstić information content (AvgIpc) is 3.47. The predicted octanol–water partition coefficient (Wildman–Crippen LogP) is 9.21. The van der Waals surface area contributed by atoms with E-state index in [1.807, 2.05) is 67.7 Å². The van der Waals surface area contributed by atoms with E-state index in [2.05, 4.69) is 0 Å². The van der Waals surface area contributed by atoms with Crippen molar-refractivity contribution in [3.8, 4) is 50.8 Å². The fourth-order valence-corrected chi connectivity index (χ4v) is 5.84. The van der Waals surface area contributed by atoms with Gasteiger partial charge in [-0.15, -0.1) is 0 Å². The molecule has 216 valence electrons. The highest BCUT2D eigenvalue weighted by molar-refractivity contribution is 6.38. The van der Waals surface area contributed by atoms with Crippen LogP contribution in [0, 0.1) is 6.92 Å². The number of benzene rings is 4. The highest BCUT2D eigenvalue weighted by Crippen LogP contribution is 2.46. The highest BCUT2D eigenvalue weighted by Gasteiger charge is 2.24. The normalized spacial score (nSPS) is 11.5. The Balaban J connectivity index is 1.63. The van der Waals surface area contributed by atoms with Crippen LogP contribution in [0.15, 0.2) is 100 Å². The molecule has 44 heavy (non-hydrogen) atoms. The Morgan fingerprint density at radius 1 is 0.818 bits per heavy atom. The van der Waals surface area contributed by atoms with E-state index >= 15 is 0 Å². The van der Waals surface area contributed by atoms with Gasteiger partial charge in [0.25, 0.3) is 0 Å². The summed E-state index contributed by atoms with van der Waals surface area (Å²) in [4.78, 5) is 18.6. The topological polar surface area (TPSA) is 101 Å². The van der Waals surface area contributed by atoms with Gasteiger partial charge in [0.1, 0.15) is 22.0 Å². The molecule has 0 saturated heterocycles.